The van der Waals surface area contributed by atoms with Crippen LogP contribution in [0, 0.1) is 5.41 Å². The SMILES string of the molecule is CCCCCCCCCCNC(C)C(C)(C)C. The number of nitrogens with one attached hydrogen (secondary N) is 1. The molecule has 0 saturated carbocycles. The second-order valence-electron chi connectivity index (χ2n) is 6.52. The molecule has 1 N–H and O–H groups in total. The van der Waals surface area contributed by atoms with Crippen molar-refractivity contribution in [2.75, 3.05) is 6.54 Å². The smallest absolute Gasteiger partial charge is 0.00872 e. The summed E-state index contributed by atoms with van der Waals surface area (Å²) in [7, 11) is 0. The minimum absolute atomic E-state index is 0.389. The van der Waals surface area contributed by atoms with Crippen LogP contribution in [0.5, 0.6) is 0 Å². The van der Waals surface area contributed by atoms with Gasteiger partial charge in [0, 0.05) is 6.04 Å². The molecule has 0 saturated heterocycles. The predicted octanol–water partition coefficient (Wildman–Crippen LogP) is 5.15. The number of unbranched alkanes of at least 4 members (excludes halogenated alkanes) is 7. The van der Waals surface area contributed by atoms with E-state index >= 15 is 0 Å². The third-order valence-electron chi connectivity index (χ3n) is 3.78. The van der Waals surface area contributed by atoms with Crippen molar-refractivity contribution in [1.82, 2.24) is 5.32 Å². The lowest BCUT2D eigenvalue weighted by atomic mass is 9.88. The third kappa shape index (κ3) is 10.8. The van der Waals surface area contributed by atoms with Gasteiger partial charge >= 0.3 is 0 Å². The zero-order valence-corrected chi connectivity index (χ0v) is 12.9. The Bertz CT molecular complexity index is 157. The fourth-order valence-corrected chi connectivity index (χ4v) is 1.88. The summed E-state index contributed by atoms with van der Waals surface area (Å²) in [5.74, 6) is 0. The molecule has 0 aliphatic heterocycles. The summed E-state index contributed by atoms with van der Waals surface area (Å²) in [6.45, 7) is 12.7. The lowest BCUT2D eigenvalue weighted by Gasteiger charge is -2.28. The fourth-order valence-electron chi connectivity index (χ4n) is 1.88. The van der Waals surface area contributed by atoms with E-state index in [2.05, 4.69) is 39.9 Å². The van der Waals surface area contributed by atoms with Gasteiger partial charge < -0.3 is 5.32 Å². The lowest BCUT2D eigenvalue weighted by molar-refractivity contribution is 0.285. The van der Waals surface area contributed by atoms with Gasteiger partial charge in [-0.25, -0.2) is 0 Å². The predicted molar refractivity (Wildman–Crippen MR) is 79.5 cm³/mol. The van der Waals surface area contributed by atoms with Crippen LogP contribution in [0.25, 0.3) is 0 Å². The molecular weight excluding hydrogens is 206 g/mol. The monoisotopic (exact) mass is 241 g/mol. The highest BCUT2D eigenvalue weighted by Gasteiger charge is 2.18. The van der Waals surface area contributed by atoms with Crippen LogP contribution in [-0.4, -0.2) is 12.6 Å². The van der Waals surface area contributed by atoms with E-state index in [-0.39, 0.29) is 0 Å². The molecule has 0 aromatic rings. The van der Waals surface area contributed by atoms with Crippen molar-refractivity contribution in [2.45, 2.75) is 92.0 Å². The second kappa shape index (κ2) is 9.94. The summed E-state index contributed by atoms with van der Waals surface area (Å²) in [5, 5.41) is 3.63. The van der Waals surface area contributed by atoms with Crippen LogP contribution < -0.4 is 5.32 Å². The van der Waals surface area contributed by atoms with Crippen LogP contribution >= 0.6 is 0 Å². The Morgan fingerprint density at radius 1 is 0.824 bits per heavy atom. The molecule has 0 bridgehead atoms. The fraction of sp³-hybridized carbons (Fsp3) is 1.00. The summed E-state index contributed by atoms with van der Waals surface area (Å²) in [6, 6.07) is 0.618. The molecular formula is C16H35N. The van der Waals surface area contributed by atoms with E-state index < -0.39 is 0 Å². The Labute approximate surface area is 110 Å². The highest BCUT2D eigenvalue weighted by molar-refractivity contribution is 4.75. The van der Waals surface area contributed by atoms with Gasteiger partial charge in [0.1, 0.15) is 0 Å². The summed E-state index contributed by atoms with van der Waals surface area (Å²) in [4.78, 5) is 0. The summed E-state index contributed by atoms with van der Waals surface area (Å²) in [5.41, 5.74) is 0.389. The van der Waals surface area contributed by atoms with Crippen molar-refractivity contribution in [1.29, 1.82) is 0 Å². The minimum atomic E-state index is 0.389. The topological polar surface area (TPSA) is 12.0 Å². The molecule has 0 fully saturated rings. The van der Waals surface area contributed by atoms with Gasteiger partial charge in [-0.15, -0.1) is 0 Å². The average Bonchev–Trinajstić information content (AvgIpc) is 2.25. The van der Waals surface area contributed by atoms with E-state index in [0.717, 1.165) is 0 Å². The molecule has 0 aromatic carbocycles. The van der Waals surface area contributed by atoms with Crippen LogP contribution in [0.3, 0.4) is 0 Å². The van der Waals surface area contributed by atoms with E-state index in [4.69, 9.17) is 0 Å². The molecule has 0 aromatic heterocycles. The molecule has 1 nitrogen and oxygen atoms in total. The van der Waals surface area contributed by atoms with Crippen LogP contribution in [0.4, 0.5) is 0 Å². The Morgan fingerprint density at radius 3 is 1.76 bits per heavy atom. The van der Waals surface area contributed by atoms with Crippen molar-refractivity contribution in [3.63, 3.8) is 0 Å². The Kier molecular flexibility index (Phi) is 9.91. The molecule has 0 rings (SSSR count). The number of hydrogen-bond donors (Lipinski definition) is 1. The van der Waals surface area contributed by atoms with Crippen LogP contribution in [0.15, 0.2) is 0 Å². The summed E-state index contributed by atoms with van der Waals surface area (Å²) in [6.07, 6.45) is 11.3. The number of rotatable bonds is 10. The molecule has 0 aliphatic carbocycles. The maximum absolute atomic E-state index is 3.63. The molecule has 1 atom stereocenters. The van der Waals surface area contributed by atoms with E-state index in [1.807, 2.05) is 0 Å². The largest absolute Gasteiger partial charge is 0.314 e. The lowest BCUT2D eigenvalue weighted by Crippen LogP contribution is -2.38. The third-order valence-corrected chi connectivity index (χ3v) is 3.78. The van der Waals surface area contributed by atoms with E-state index in [0.29, 0.717) is 11.5 Å². The molecule has 104 valence electrons. The standard InChI is InChI=1S/C16H35N/c1-6-7-8-9-10-11-12-13-14-17-15(2)16(3,4)5/h15,17H,6-14H2,1-5H3. The number of hydrogen-bond acceptors (Lipinski definition) is 1. The van der Waals surface area contributed by atoms with Crippen molar-refractivity contribution in [3.8, 4) is 0 Å². The first kappa shape index (κ1) is 17.0. The van der Waals surface area contributed by atoms with E-state index in [1.54, 1.807) is 0 Å². The van der Waals surface area contributed by atoms with Crippen molar-refractivity contribution in [2.24, 2.45) is 5.41 Å². The Morgan fingerprint density at radius 2 is 1.29 bits per heavy atom. The van der Waals surface area contributed by atoms with Crippen LogP contribution in [-0.2, 0) is 0 Å². The second-order valence-corrected chi connectivity index (χ2v) is 6.52. The summed E-state index contributed by atoms with van der Waals surface area (Å²) < 4.78 is 0. The normalized spacial score (nSPS) is 13.9. The van der Waals surface area contributed by atoms with Gasteiger partial charge in [-0.2, -0.15) is 0 Å². The average molecular weight is 241 g/mol. The Balaban J connectivity index is 3.19. The first-order chi connectivity index (χ1) is 7.98. The van der Waals surface area contributed by atoms with Gasteiger partial charge in [-0.3, -0.25) is 0 Å². The van der Waals surface area contributed by atoms with Gasteiger partial charge in [0.05, 0.1) is 0 Å². The van der Waals surface area contributed by atoms with Gasteiger partial charge in [-0.1, -0.05) is 72.6 Å². The molecule has 0 spiro atoms. The molecule has 1 unspecified atom stereocenters. The maximum atomic E-state index is 3.63. The first-order valence-electron chi connectivity index (χ1n) is 7.72. The van der Waals surface area contributed by atoms with Crippen LogP contribution in [0.1, 0.15) is 86.0 Å². The van der Waals surface area contributed by atoms with Gasteiger partial charge in [-0.05, 0) is 25.3 Å². The molecule has 0 radical (unpaired) electrons. The zero-order valence-electron chi connectivity index (χ0n) is 12.9. The van der Waals surface area contributed by atoms with E-state index in [9.17, 15) is 0 Å². The molecule has 0 heterocycles. The minimum Gasteiger partial charge on any atom is -0.314 e. The van der Waals surface area contributed by atoms with Gasteiger partial charge in [0.15, 0.2) is 0 Å². The molecule has 1 heteroatoms. The van der Waals surface area contributed by atoms with Gasteiger partial charge in [0.2, 0.25) is 0 Å². The first-order valence-corrected chi connectivity index (χ1v) is 7.72. The quantitative estimate of drug-likeness (QED) is 0.521. The highest BCUT2D eigenvalue weighted by Crippen LogP contribution is 2.18. The Hall–Kier alpha value is -0.0400. The van der Waals surface area contributed by atoms with E-state index in [1.165, 1.54) is 57.9 Å². The maximum Gasteiger partial charge on any atom is 0.00872 e. The molecule has 0 amide bonds. The van der Waals surface area contributed by atoms with Gasteiger partial charge in [0.25, 0.3) is 0 Å². The molecule has 0 aliphatic rings. The van der Waals surface area contributed by atoms with Crippen molar-refractivity contribution in [3.05, 3.63) is 0 Å². The summed E-state index contributed by atoms with van der Waals surface area (Å²) >= 11 is 0. The zero-order chi connectivity index (χ0) is 13.1. The molecule has 17 heavy (non-hydrogen) atoms. The van der Waals surface area contributed by atoms with Crippen LogP contribution in [0.2, 0.25) is 0 Å². The highest BCUT2D eigenvalue weighted by atomic mass is 14.9. The van der Waals surface area contributed by atoms with Crippen molar-refractivity contribution < 1.29 is 0 Å². The van der Waals surface area contributed by atoms with Crippen molar-refractivity contribution >= 4 is 0 Å².